The molecule has 12 heteroatoms. The largest absolute Gasteiger partial charge is 0.500 e. The van der Waals surface area contributed by atoms with Crippen LogP contribution in [0, 0.1) is 6.92 Å². The highest BCUT2D eigenvalue weighted by molar-refractivity contribution is 7.99. The molecule has 170 valence electrons. The quantitative estimate of drug-likeness (QED) is 0.536. The van der Waals surface area contributed by atoms with Gasteiger partial charge < -0.3 is 23.5 Å². The molecule has 3 heterocycles. The van der Waals surface area contributed by atoms with Crippen molar-refractivity contribution < 1.29 is 41.3 Å². The molecule has 0 aliphatic carbocycles. The average molecular weight is 489 g/mol. The van der Waals surface area contributed by atoms with E-state index in [4.69, 9.17) is 23.5 Å². The van der Waals surface area contributed by atoms with Crippen LogP contribution in [0.25, 0.3) is 11.1 Å². The van der Waals surface area contributed by atoms with Crippen LogP contribution in [-0.2, 0) is 14.6 Å². The molecule has 0 saturated carbocycles. The SMILES string of the molecule is Cc1ccc(S(=O)(=O)N2c3ccc4c(c3-c3c(ccc5c3OCO5)OP2(=O)O)OCO4)cc1. The van der Waals surface area contributed by atoms with E-state index in [9.17, 15) is 17.9 Å². The second kappa shape index (κ2) is 6.80. The first-order chi connectivity index (χ1) is 15.8. The number of rotatable bonds is 2. The van der Waals surface area contributed by atoms with E-state index in [1.54, 1.807) is 19.1 Å². The van der Waals surface area contributed by atoms with Crippen LogP contribution >= 0.6 is 7.75 Å². The summed E-state index contributed by atoms with van der Waals surface area (Å²) in [4.78, 5) is 10.8. The number of ether oxygens (including phenoxy) is 4. The Morgan fingerprint density at radius 2 is 1.39 bits per heavy atom. The van der Waals surface area contributed by atoms with Crippen molar-refractivity contribution in [2.24, 2.45) is 0 Å². The van der Waals surface area contributed by atoms with Gasteiger partial charge in [-0.15, -0.1) is 0 Å². The molecule has 6 rings (SSSR count). The number of aryl methyl sites for hydroxylation is 1. The standard InChI is InChI=1S/C21H16NO9PS/c1-12-2-4-13(5-3-12)33(25,26)22-14-6-7-16-20(29-10-27-16)18(14)19-15(31-32(22,23)24)8-9-17-21(19)30-11-28-17/h2-9H,10-11H2,1H3,(H,23,24). The van der Waals surface area contributed by atoms with E-state index < -0.39 is 17.8 Å². The number of fused-ring (bicyclic) bond motifs is 7. The van der Waals surface area contributed by atoms with Crippen LogP contribution in [0.2, 0.25) is 0 Å². The third-order valence-corrected chi connectivity index (χ3v) is 9.36. The van der Waals surface area contributed by atoms with Crippen molar-refractivity contribution in [3.63, 3.8) is 0 Å². The van der Waals surface area contributed by atoms with Gasteiger partial charge in [0.1, 0.15) is 5.75 Å². The Kier molecular flexibility index (Phi) is 4.17. The number of anilines is 1. The predicted molar refractivity (Wildman–Crippen MR) is 115 cm³/mol. The fraction of sp³-hybridized carbons (Fsp3) is 0.143. The van der Waals surface area contributed by atoms with Gasteiger partial charge in [-0.05, 0) is 43.3 Å². The fourth-order valence-electron chi connectivity index (χ4n) is 4.01. The Morgan fingerprint density at radius 3 is 2.06 bits per heavy atom. The molecule has 3 aliphatic rings. The molecule has 1 atom stereocenters. The zero-order chi connectivity index (χ0) is 23.0. The molecular formula is C21H16NO9PS. The van der Waals surface area contributed by atoms with E-state index in [1.165, 1.54) is 36.4 Å². The number of sulfonamides is 1. The summed E-state index contributed by atoms with van der Waals surface area (Å²) in [5, 5.41) is 0. The molecule has 0 aromatic heterocycles. The van der Waals surface area contributed by atoms with Gasteiger partial charge in [-0.25, -0.2) is 13.0 Å². The molecule has 1 unspecified atom stereocenters. The topological polar surface area (TPSA) is 121 Å². The molecule has 0 amide bonds. The fourth-order valence-corrected chi connectivity index (χ4v) is 7.49. The second-order valence-electron chi connectivity index (χ2n) is 7.51. The van der Waals surface area contributed by atoms with Crippen molar-refractivity contribution in [3.05, 3.63) is 54.1 Å². The van der Waals surface area contributed by atoms with Crippen LogP contribution in [0.1, 0.15) is 5.56 Å². The minimum absolute atomic E-state index is 0.0585. The van der Waals surface area contributed by atoms with Crippen molar-refractivity contribution in [2.45, 2.75) is 11.8 Å². The lowest BCUT2D eigenvalue weighted by Gasteiger charge is -2.26. The lowest BCUT2D eigenvalue weighted by Crippen LogP contribution is -2.29. The van der Waals surface area contributed by atoms with Crippen molar-refractivity contribution in [1.29, 1.82) is 0 Å². The Balaban J connectivity index is 1.69. The molecule has 0 radical (unpaired) electrons. The van der Waals surface area contributed by atoms with Crippen LogP contribution in [0.15, 0.2) is 53.4 Å². The summed E-state index contributed by atoms with van der Waals surface area (Å²) in [5.41, 5.74) is 1.13. The van der Waals surface area contributed by atoms with E-state index in [0.717, 1.165) is 5.56 Å². The summed E-state index contributed by atoms with van der Waals surface area (Å²) >= 11 is 0. The molecule has 33 heavy (non-hydrogen) atoms. The number of hydrogen-bond acceptors (Lipinski definition) is 8. The summed E-state index contributed by atoms with van der Waals surface area (Å²) in [6.07, 6.45) is 0. The van der Waals surface area contributed by atoms with Crippen LogP contribution in [0.3, 0.4) is 0 Å². The van der Waals surface area contributed by atoms with Gasteiger partial charge in [-0.3, -0.25) is 4.89 Å². The highest BCUT2D eigenvalue weighted by atomic mass is 32.2. The van der Waals surface area contributed by atoms with Gasteiger partial charge in [0.05, 0.1) is 21.7 Å². The van der Waals surface area contributed by atoms with E-state index in [1.807, 2.05) is 0 Å². The average Bonchev–Trinajstić information content (AvgIpc) is 3.41. The summed E-state index contributed by atoms with van der Waals surface area (Å²) in [5.74, 6) is 1.11. The highest BCUT2D eigenvalue weighted by Gasteiger charge is 2.48. The van der Waals surface area contributed by atoms with Gasteiger partial charge in [0.15, 0.2) is 23.0 Å². The maximum absolute atomic E-state index is 13.7. The van der Waals surface area contributed by atoms with Gasteiger partial charge in [0, 0.05) is 0 Å². The van der Waals surface area contributed by atoms with Crippen LogP contribution < -0.4 is 27.5 Å². The molecule has 3 aliphatic heterocycles. The monoisotopic (exact) mass is 489 g/mol. The third kappa shape index (κ3) is 2.90. The van der Waals surface area contributed by atoms with Crippen molar-refractivity contribution >= 4 is 23.5 Å². The predicted octanol–water partition coefficient (Wildman–Crippen LogP) is 3.81. The summed E-state index contributed by atoms with van der Waals surface area (Å²) in [7, 11) is -9.55. The Labute approximate surface area is 188 Å². The first-order valence-electron chi connectivity index (χ1n) is 9.78. The molecule has 3 aromatic carbocycles. The van der Waals surface area contributed by atoms with Gasteiger partial charge in [0.2, 0.25) is 13.6 Å². The van der Waals surface area contributed by atoms with Crippen molar-refractivity contribution in [3.8, 4) is 39.9 Å². The van der Waals surface area contributed by atoms with Gasteiger partial charge in [-0.2, -0.15) is 4.08 Å². The molecule has 0 fully saturated rings. The zero-order valence-corrected chi connectivity index (χ0v) is 18.8. The first-order valence-corrected chi connectivity index (χ1v) is 12.7. The lowest BCUT2D eigenvalue weighted by molar-refractivity contribution is 0.173. The Morgan fingerprint density at radius 1 is 0.818 bits per heavy atom. The van der Waals surface area contributed by atoms with E-state index in [0.29, 0.717) is 15.6 Å². The van der Waals surface area contributed by atoms with Gasteiger partial charge in [0.25, 0.3) is 10.0 Å². The minimum atomic E-state index is -5.00. The molecule has 0 bridgehead atoms. The Bertz CT molecular complexity index is 1470. The van der Waals surface area contributed by atoms with Crippen molar-refractivity contribution in [2.75, 3.05) is 17.7 Å². The van der Waals surface area contributed by atoms with Crippen LogP contribution in [-0.4, -0.2) is 26.9 Å². The number of nitrogens with zero attached hydrogens (tertiary/aromatic N) is 1. The van der Waals surface area contributed by atoms with Crippen LogP contribution in [0.4, 0.5) is 5.69 Å². The van der Waals surface area contributed by atoms with E-state index in [-0.39, 0.29) is 52.5 Å². The molecule has 10 nitrogen and oxygen atoms in total. The summed E-state index contributed by atoms with van der Waals surface area (Å²) < 4.78 is 69.0. The number of hydrogen-bond donors (Lipinski definition) is 1. The molecule has 0 saturated heterocycles. The normalized spacial score (nSPS) is 20.0. The zero-order valence-electron chi connectivity index (χ0n) is 17.0. The highest BCUT2D eigenvalue weighted by Crippen LogP contribution is 2.65. The van der Waals surface area contributed by atoms with Crippen LogP contribution in [0.5, 0.6) is 28.7 Å². The maximum atomic E-state index is 13.7. The smallest absolute Gasteiger partial charge is 0.454 e. The first kappa shape index (κ1) is 20.2. The Hall–Kier alpha value is -3.40. The lowest BCUT2D eigenvalue weighted by atomic mass is 9.99. The minimum Gasteiger partial charge on any atom is -0.454 e. The van der Waals surface area contributed by atoms with Gasteiger partial charge >= 0.3 is 7.75 Å². The van der Waals surface area contributed by atoms with Crippen molar-refractivity contribution in [1.82, 2.24) is 0 Å². The number of benzene rings is 3. The molecule has 1 N–H and O–H groups in total. The van der Waals surface area contributed by atoms with Gasteiger partial charge in [-0.1, -0.05) is 17.7 Å². The van der Waals surface area contributed by atoms with E-state index >= 15 is 0 Å². The molecule has 3 aromatic rings. The molecular weight excluding hydrogens is 473 g/mol. The second-order valence-corrected chi connectivity index (χ2v) is 11.1. The van der Waals surface area contributed by atoms with E-state index in [2.05, 4.69) is 0 Å². The molecule has 0 spiro atoms. The summed E-state index contributed by atoms with van der Waals surface area (Å²) in [6, 6.07) is 11.7. The maximum Gasteiger partial charge on any atom is 0.500 e. The third-order valence-electron chi connectivity index (χ3n) is 5.47. The summed E-state index contributed by atoms with van der Waals surface area (Å²) in [6.45, 7) is 1.63.